The van der Waals surface area contributed by atoms with Crippen molar-refractivity contribution in [3.8, 4) is 5.75 Å². The molecule has 0 aliphatic heterocycles. The van der Waals surface area contributed by atoms with Crippen molar-refractivity contribution in [2.75, 3.05) is 17.6 Å². The van der Waals surface area contributed by atoms with Crippen molar-refractivity contribution in [2.45, 2.75) is 26.8 Å². The molecule has 0 spiro atoms. The van der Waals surface area contributed by atoms with Crippen molar-refractivity contribution in [1.29, 1.82) is 0 Å². The molecule has 0 bridgehead atoms. The zero-order chi connectivity index (χ0) is 19.3. The number of benzene rings is 2. The molecule has 0 saturated carbocycles. The standard InChI is InChI=1S/C19H24N2O4S/c1-13-8-5-6-11-18(13)25-12-14(2)20-19(22)16-9-7-10-17(15(16)3)21-26(4,23)24/h5-11,14,21H,12H2,1-4H3,(H,20,22)/t14-/m0/s1. The van der Waals surface area contributed by atoms with Gasteiger partial charge in [-0.1, -0.05) is 24.3 Å². The molecule has 0 aromatic heterocycles. The molecular formula is C19H24N2O4S. The smallest absolute Gasteiger partial charge is 0.251 e. The predicted octanol–water partition coefficient (Wildman–Crippen LogP) is 2.87. The van der Waals surface area contributed by atoms with Crippen molar-refractivity contribution in [1.82, 2.24) is 5.32 Å². The summed E-state index contributed by atoms with van der Waals surface area (Å²) in [6.07, 6.45) is 1.07. The lowest BCUT2D eigenvalue weighted by Gasteiger charge is -2.17. The molecule has 0 heterocycles. The molecule has 7 heteroatoms. The Morgan fingerprint density at radius 1 is 1.12 bits per heavy atom. The largest absolute Gasteiger partial charge is 0.491 e. The van der Waals surface area contributed by atoms with Gasteiger partial charge in [-0.15, -0.1) is 0 Å². The lowest BCUT2D eigenvalue weighted by atomic mass is 10.1. The molecule has 1 amide bonds. The minimum atomic E-state index is -3.41. The van der Waals surface area contributed by atoms with Gasteiger partial charge in [0.25, 0.3) is 5.91 Å². The molecule has 2 N–H and O–H groups in total. The number of hydrogen-bond donors (Lipinski definition) is 2. The first-order chi connectivity index (χ1) is 12.2. The van der Waals surface area contributed by atoms with Crippen LogP contribution in [0.5, 0.6) is 5.75 Å². The van der Waals surface area contributed by atoms with Crippen LogP contribution in [-0.2, 0) is 10.0 Å². The Morgan fingerprint density at radius 3 is 2.46 bits per heavy atom. The fraction of sp³-hybridized carbons (Fsp3) is 0.316. The average molecular weight is 376 g/mol. The summed E-state index contributed by atoms with van der Waals surface area (Å²) in [5.74, 6) is 0.504. The molecule has 0 aliphatic carbocycles. The summed E-state index contributed by atoms with van der Waals surface area (Å²) < 4.78 is 31.0. The van der Waals surface area contributed by atoms with Gasteiger partial charge in [0.1, 0.15) is 12.4 Å². The van der Waals surface area contributed by atoms with E-state index >= 15 is 0 Å². The highest BCUT2D eigenvalue weighted by molar-refractivity contribution is 7.92. The van der Waals surface area contributed by atoms with Gasteiger partial charge >= 0.3 is 0 Å². The fourth-order valence-corrected chi connectivity index (χ4v) is 3.09. The van der Waals surface area contributed by atoms with E-state index in [0.29, 0.717) is 23.4 Å². The van der Waals surface area contributed by atoms with E-state index in [9.17, 15) is 13.2 Å². The second-order valence-electron chi connectivity index (χ2n) is 6.30. The van der Waals surface area contributed by atoms with Crippen LogP contribution in [0.1, 0.15) is 28.4 Å². The minimum absolute atomic E-state index is 0.215. The SMILES string of the molecule is Cc1ccccc1OC[C@H](C)NC(=O)c1cccc(NS(C)(=O)=O)c1C. The number of aryl methyl sites for hydroxylation is 1. The second kappa shape index (κ2) is 8.23. The Kier molecular flexibility index (Phi) is 6.26. The van der Waals surface area contributed by atoms with Gasteiger partial charge in [0.2, 0.25) is 10.0 Å². The van der Waals surface area contributed by atoms with Crippen LogP contribution in [0.2, 0.25) is 0 Å². The maximum Gasteiger partial charge on any atom is 0.251 e. The lowest BCUT2D eigenvalue weighted by molar-refractivity contribution is 0.0926. The van der Waals surface area contributed by atoms with E-state index in [-0.39, 0.29) is 11.9 Å². The van der Waals surface area contributed by atoms with E-state index in [1.807, 2.05) is 38.1 Å². The first kappa shape index (κ1) is 19.8. The molecular weight excluding hydrogens is 352 g/mol. The predicted molar refractivity (Wildman–Crippen MR) is 103 cm³/mol. The normalized spacial score (nSPS) is 12.3. The molecule has 2 aromatic carbocycles. The van der Waals surface area contributed by atoms with Crippen molar-refractivity contribution >= 4 is 21.6 Å². The first-order valence-electron chi connectivity index (χ1n) is 8.24. The van der Waals surface area contributed by atoms with Crippen LogP contribution in [-0.4, -0.2) is 33.2 Å². The zero-order valence-electron chi connectivity index (χ0n) is 15.4. The van der Waals surface area contributed by atoms with E-state index in [2.05, 4.69) is 10.0 Å². The number of amides is 1. The number of rotatable bonds is 7. The highest BCUT2D eigenvalue weighted by Crippen LogP contribution is 2.20. The summed E-state index contributed by atoms with van der Waals surface area (Å²) in [6.45, 7) is 5.85. The number of anilines is 1. The number of carbonyl (C=O) groups is 1. The Labute approximate surface area is 154 Å². The number of carbonyl (C=O) groups excluding carboxylic acids is 1. The summed E-state index contributed by atoms with van der Waals surface area (Å²) in [4.78, 5) is 12.5. The zero-order valence-corrected chi connectivity index (χ0v) is 16.2. The Balaban J connectivity index is 2.03. The van der Waals surface area contributed by atoms with E-state index in [4.69, 9.17) is 4.74 Å². The number of ether oxygens (including phenoxy) is 1. The molecule has 0 radical (unpaired) electrons. The van der Waals surface area contributed by atoms with E-state index in [0.717, 1.165) is 17.6 Å². The van der Waals surface area contributed by atoms with Gasteiger partial charge in [-0.05, 0) is 50.1 Å². The molecule has 140 valence electrons. The quantitative estimate of drug-likeness (QED) is 0.778. The van der Waals surface area contributed by atoms with E-state index in [1.165, 1.54) is 0 Å². The summed E-state index contributed by atoms with van der Waals surface area (Å²) >= 11 is 0. The summed E-state index contributed by atoms with van der Waals surface area (Å²) in [5.41, 5.74) is 2.41. The van der Waals surface area contributed by atoms with Crippen LogP contribution in [0, 0.1) is 13.8 Å². The highest BCUT2D eigenvalue weighted by Gasteiger charge is 2.16. The van der Waals surface area contributed by atoms with Gasteiger partial charge in [-0.2, -0.15) is 0 Å². The van der Waals surface area contributed by atoms with Crippen molar-refractivity contribution < 1.29 is 17.9 Å². The molecule has 6 nitrogen and oxygen atoms in total. The lowest BCUT2D eigenvalue weighted by Crippen LogP contribution is -2.37. The van der Waals surface area contributed by atoms with Crippen LogP contribution in [0.15, 0.2) is 42.5 Å². The minimum Gasteiger partial charge on any atom is -0.491 e. The van der Waals surface area contributed by atoms with Gasteiger partial charge in [0.05, 0.1) is 18.0 Å². The molecule has 1 atom stereocenters. The number of hydrogen-bond acceptors (Lipinski definition) is 4. The van der Waals surface area contributed by atoms with Crippen molar-refractivity contribution in [3.63, 3.8) is 0 Å². The number of nitrogens with one attached hydrogen (secondary N) is 2. The molecule has 0 fully saturated rings. The number of para-hydroxylation sites is 1. The van der Waals surface area contributed by atoms with Crippen LogP contribution < -0.4 is 14.8 Å². The molecule has 2 rings (SSSR count). The van der Waals surface area contributed by atoms with E-state index < -0.39 is 10.0 Å². The second-order valence-corrected chi connectivity index (χ2v) is 8.05. The first-order valence-corrected chi connectivity index (χ1v) is 10.1. The van der Waals surface area contributed by atoms with Crippen molar-refractivity contribution in [2.24, 2.45) is 0 Å². The third kappa shape index (κ3) is 5.49. The monoisotopic (exact) mass is 376 g/mol. The van der Waals surface area contributed by atoms with Gasteiger partial charge in [0.15, 0.2) is 0 Å². The highest BCUT2D eigenvalue weighted by atomic mass is 32.2. The molecule has 0 aliphatic rings. The average Bonchev–Trinajstić information content (AvgIpc) is 2.54. The van der Waals surface area contributed by atoms with Crippen LogP contribution in [0.25, 0.3) is 0 Å². The maximum atomic E-state index is 12.5. The van der Waals surface area contributed by atoms with Crippen molar-refractivity contribution in [3.05, 3.63) is 59.2 Å². The number of sulfonamides is 1. The molecule has 2 aromatic rings. The van der Waals surface area contributed by atoms with Gasteiger partial charge in [0, 0.05) is 5.56 Å². The van der Waals surface area contributed by atoms with Crippen LogP contribution in [0.3, 0.4) is 0 Å². The van der Waals surface area contributed by atoms with Gasteiger partial charge < -0.3 is 10.1 Å². The Morgan fingerprint density at radius 2 is 1.81 bits per heavy atom. The van der Waals surface area contributed by atoms with Crippen LogP contribution >= 0.6 is 0 Å². The summed E-state index contributed by atoms with van der Waals surface area (Å²) in [7, 11) is -3.41. The molecule has 0 unspecified atom stereocenters. The Bertz CT molecular complexity index is 894. The third-order valence-electron chi connectivity index (χ3n) is 3.83. The van der Waals surface area contributed by atoms with Crippen LogP contribution in [0.4, 0.5) is 5.69 Å². The fourth-order valence-electron chi connectivity index (χ4n) is 2.47. The molecule has 26 heavy (non-hydrogen) atoms. The topological polar surface area (TPSA) is 84.5 Å². The van der Waals surface area contributed by atoms with Gasteiger partial charge in [-0.25, -0.2) is 8.42 Å². The maximum absolute atomic E-state index is 12.5. The Hall–Kier alpha value is -2.54. The molecule has 0 saturated heterocycles. The summed E-state index contributed by atoms with van der Waals surface area (Å²) in [6, 6.07) is 12.4. The summed E-state index contributed by atoms with van der Waals surface area (Å²) in [5, 5.41) is 2.88. The third-order valence-corrected chi connectivity index (χ3v) is 4.42. The van der Waals surface area contributed by atoms with E-state index in [1.54, 1.807) is 25.1 Å². The van der Waals surface area contributed by atoms with Gasteiger partial charge in [-0.3, -0.25) is 9.52 Å².